The molecule has 110 valence electrons. The van der Waals surface area contributed by atoms with Crippen molar-refractivity contribution < 1.29 is 18.4 Å². The number of hydrogen-bond acceptors (Lipinski definition) is 4. The van der Waals surface area contributed by atoms with Gasteiger partial charge in [-0.25, -0.2) is 4.39 Å². The van der Waals surface area contributed by atoms with Crippen LogP contribution in [0.3, 0.4) is 0 Å². The molecular weight excluding hydrogens is 275 g/mol. The van der Waals surface area contributed by atoms with Gasteiger partial charge in [-0.3, -0.25) is 4.79 Å². The van der Waals surface area contributed by atoms with Gasteiger partial charge >= 0.3 is 0 Å². The largest absolute Gasteiger partial charge is 0.376 e. The molecule has 21 heavy (non-hydrogen) atoms. The van der Waals surface area contributed by atoms with E-state index in [1.165, 1.54) is 18.2 Å². The maximum atomic E-state index is 12.9. The van der Waals surface area contributed by atoms with Gasteiger partial charge in [0.1, 0.15) is 11.5 Å². The van der Waals surface area contributed by atoms with Gasteiger partial charge in [-0.1, -0.05) is 5.16 Å². The van der Waals surface area contributed by atoms with E-state index in [1.807, 2.05) is 0 Å². The highest BCUT2D eigenvalue weighted by molar-refractivity contribution is 5.92. The number of amides is 1. The third-order valence-corrected chi connectivity index (χ3v) is 3.39. The lowest BCUT2D eigenvalue weighted by Gasteiger charge is -2.08. The molecule has 1 saturated heterocycles. The van der Waals surface area contributed by atoms with Crippen LogP contribution in [0.2, 0.25) is 0 Å². The van der Waals surface area contributed by atoms with Crippen molar-refractivity contribution in [3.8, 4) is 11.3 Å². The molecule has 1 atom stereocenters. The normalized spacial score (nSPS) is 17.9. The standard InChI is InChI=1S/C15H15FN2O3/c16-11-5-3-10(4-6-11)13-8-14(21-18-13)15(19)17-9-12-2-1-7-20-12/h3-6,8,12H,1-2,7,9H2,(H,17,19)/t12-/m1/s1. The Morgan fingerprint density at radius 2 is 2.19 bits per heavy atom. The first-order chi connectivity index (χ1) is 10.2. The smallest absolute Gasteiger partial charge is 0.290 e. The summed E-state index contributed by atoms with van der Waals surface area (Å²) in [5.41, 5.74) is 1.19. The fourth-order valence-electron chi connectivity index (χ4n) is 2.24. The van der Waals surface area contributed by atoms with Gasteiger partial charge in [0.25, 0.3) is 5.91 Å². The van der Waals surface area contributed by atoms with Gasteiger partial charge in [0.05, 0.1) is 6.10 Å². The third kappa shape index (κ3) is 3.28. The van der Waals surface area contributed by atoms with Crippen LogP contribution < -0.4 is 5.32 Å². The van der Waals surface area contributed by atoms with Crippen LogP contribution in [-0.2, 0) is 4.74 Å². The number of carbonyl (C=O) groups is 1. The molecule has 5 nitrogen and oxygen atoms in total. The van der Waals surface area contributed by atoms with E-state index in [1.54, 1.807) is 12.1 Å². The number of benzene rings is 1. The highest BCUT2D eigenvalue weighted by Gasteiger charge is 2.19. The molecule has 1 aliphatic rings. The number of rotatable bonds is 4. The van der Waals surface area contributed by atoms with E-state index < -0.39 is 0 Å². The van der Waals surface area contributed by atoms with Crippen molar-refractivity contribution in [3.05, 3.63) is 41.9 Å². The van der Waals surface area contributed by atoms with Crippen LogP contribution in [-0.4, -0.2) is 30.3 Å². The van der Waals surface area contributed by atoms with Crippen LogP contribution in [0.4, 0.5) is 4.39 Å². The summed E-state index contributed by atoms with van der Waals surface area (Å²) in [4.78, 5) is 11.9. The van der Waals surface area contributed by atoms with E-state index in [9.17, 15) is 9.18 Å². The number of carbonyl (C=O) groups excluding carboxylic acids is 1. The fourth-order valence-corrected chi connectivity index (χ4v) is 2.24. The first-order valence-electron chi connectivity index (χ1n) is 6.85. The van der Waals surface area contributed by atoms with Crippen LogP contribution in [0, 0.1) is 5.82 Å². The Morgan fingerprint density at radius 3 is 2.90 bits per heavy atom. The van der Waals surface area contributed by atoms with Crippen molar-refractivity contribution in [1.29, 1.82) is 0 Å². The molecule has 1 aromatic carbocycles. The molecular formula is C15H15FN2O3. The average Bonchev–Trinajstić information content (AvgIpc) is 3.17. The zero-order valence-corrected chi connectivity index (χ0v) is 11.3. The summed E-state index contributed by atoms with van der Waals surface area (Å²) in [6, 6.07) is 7.38. The van der Waals surface area contributed by atoms with Crippen molar-refractivity contribution in [2.24, 2.45) is 0 Å². The zero-order chi connectivity index (χ0) is 14.7. The first-order valence-corrected chi connectivity index (χ1v) is 6.85. The molecule has 1 N–H and O–H groups in total. The molecule has 0 radical (unpaired) electrons. The van der Waals surface area contributed by atoms with Crippen LogP contribution in [0.1, 0.15) is 23.4 Å². The lowest BCUT2D eigenvalue weighted by molar-refractivity contribution is 0.0828. The number of ether oxygens (including phenoxy) is 1. The summed E-state index contributed by atoms with van der Waals surface area (Å²) in [6.07, 6.45) is 2.06. The van der Waals surface area contributed by atoms with Gasteiger partial charge in [-0.2, -0.15) is 0 Å². The minimum atomic E-state index is -0.327. The highest BCUT2D eigenvalue weighted by Crippen LogP contribution is 2.19. The second-order valence-electron chi connectivity index (χ2n) is 4.93. The van der Waals surface area contributed by atoms with Crippen LogP contribution in [0.5, 0.6) is 0 Å². The van der Waals surface area contributed by atoms with Gasteiger partial charge in [0, 0.05) is 24.8 Å². The van der Waals surface area contributed by atoms with Crippen LogP contribution >= 0.6 is 0 Å². The van der Waals surface area contributed by atoms with E-state index in [4.69, 9.17) is 9.26 Å². The summed E-state index contributed by atoms with van der Waals surface area (Å²) in [5, 5.41) is 6.58. The SMILES string of the molecule is O=C(NC[C@H]1CCCO1)c1cc(-c2ccc(F)cc2)no1. The van der Waals surface area contributed by atoms with Gasteiger partial charge in [0.15, 0.2) is 0 Å². The Bertz CT molecular complexity index is 618. The molecule has 6 heteroatoms. The number of aromatic nitrogens is 1. The van der Waals surface area contributed by atoms with Crippen molar-refractivity contribution in [2.75, 3.05) is 13.2 Å². The molecule has 3 rings (SSSR count). The monoisotopic (exact) mass is 290 g/mol. The maximum absolute atomic E-state index is 12.9. The van der Waals surface area contributed by atoms with Crippen molar-refractivity contribution in [2.45, 2.75) is 18.9 Å². The predicted octanol–water partition coefficient (Wildman–Crippen LogP) is 2.39. The summed E-state index contributed by atoms with van der Waals surface area (Å²) in [6.45, 7) is 1.21. The number of hydrogen-bond donors (Lipinski definition) is 1. The molecule has 0 spiro atoms. The van der Waals surface area contributed by atoms with Gasteiger partial charge in [-0.05, 0) is 37.1 Å². The van der Waals surface area contributed by atoms with E-state index in [-0.39, 0.29) is 23.6 Å². The number of halogens is 1. The summed E-state index contributed by atoms with van der Waals surface area (Å²) < 4.78 is 23.3. The molecule has 1 amide bonds. The quantitative estimate of drug-likeness (QED) is 0.939. The summed E-state index contributed by atoms with van der Waals surface area (Å²) in [7, 11) is 0. The maximum Gasteiger partial charge on any atom is 0.290 e. The zero-order valence-electron chi connectivity index (χ0n) is 11.3. The Morgan fingerprint density at radius 1 is 1.38 bits per heavy atom. The molecule has 2 aromatic rings. The highest BCUT2D eigenvalue weighted by atomic mass is 19.1. The average molecular weight is 290 g/mol. The Hall–Kier alpha value is -2.21. The second kappa shape index (κ2) is 6.05. The molecule has 0 bridgehead atoms. The lowest BCUT2D eigenvalue weighted by Crippen LogP contribution is -2.31. The Labute approximate surface area is 121 Å². The molecule has 1 aliphatic heterocycles. The first kappa shape index (κ1) is 13.8. The van der Waals surface area contributed by atoms with E-state index in [0.29, 0.717) is 17.8 Å². The predicted molar refractivity (Wildman–Crippen MR) is 73.2 cm³/mol. The van der Waals surface area contributed by atoms with Crippen molar-refractivity contribution in [1.82, 2.24) is 10.5 Å². The molecule has 1 aromatic heterocycles. The van der Waals surface area contributed by atoms with Crippen molar-refractivity contribution in [3.63, 3.8) is 0 Å². The topological polar surface area (TPSA) is 64.4 Å². The minimum Gasteiger partial charge on any atom is -0.376 e. The minimum absolute atomic E-state index is 0.0773. The van der Waals surface area contributed by atoms with Gasteiger partial charge in [-0.15, -0.1) is 0 Å². The van der Waals surface area contributed by atoms with Crippen molar-refractivity contribution >= 4 is 5.91 Å². The van der Waals surface area contributed by atoms with Gasteiger partial charge < -0.3 is 14.6 Å². The summed E-state index contributed by atoms with van der Waals surface area (Å²) in [5.74, 6) is -0.518. The Balaban J connectivity index is 1.63. The number of nitrogens with zero attached hydrogens (tertiary/aromatic N) is 1. The number of nitrogens with one attached hydrogen (secondary N) is 1. The molecule has 0 aliphatic carbocycles. The summed E-state index contributed by atoms with van der Waals surface area (Å²) >= 11 is 0. The molecule has 2 heterocycles. The Kier molecular flexibility index (Phi) is 3.96. The van der Waals surface area contributed by atoms with Gasteiger partial charge in [0.2, 0.25) is 5.76 Å². The lowest BCUT2D eigenvalue weighted by atomic mass is 10.1. The second-order valence-corrected chi connectivity index (χ2v) is 4.93. The van der Waals surface area contributed by atoms with E-state index in [0.717, 1.165) is 19.4 Å². The van der Waals surface area contributed by atoms with E-state index in [2.05, 4.69) is 10.5 Å². The van der Waals surface area contributed by atoms with Crippen LogP contribution in [0.15, 0.2) is 34.9 Å². The third-order valence-electron chi connectivity index (χ3n) is 3.39. The van der Waals surface area contributed by atoms with E-state index >= 15 is 0 Å². The fraction of sp³-hybridized carbons (Fsp3) is 0.333. The molecule has 0 saturated carbocycles. The molecule has 1 fully saturated rings. The molecule has 0 unspecified atom stereocenters. The van der Waals surface area contributed by atoms with Crippen LogP contribution in [0.25, 0.3) is 11.3 Å².